The molecule has 0 aliphatic carbocycles. The molecule has 3 rings (SSSR count). The number of piperidine rings is 1. The van der Waals surface area contributed by atoms with Gasteiger partial charge in [-0.3, -0.25) is 9.88 Å². The van der Waals surface area contributed by atoms with Gasteiger partial charge >= 0.3 is 0 Å². The number of likely N-dealkylation sites (tertiary alicyclic amines) is 1. The molecular weight excluding hydrogens is 288 g/mol. The first-order valence-electron chi connectivity index (χ1n) is 8.16. The van der Waals surface area contributed by atoms with Crippen LogP contribution >= 0.6 is 0 Å². The molecule has 1 saturated heterocycles. The van der Waals surface area contributed by atoms with Crippen LogP contribution in [0.1, 0.15) is 24.1 Å². The molecule has 2 heterocycles. The molecule has 0 spiro atoms. The van der Waals surface area contributed by atoms with Crippen molar-refractivity contribution >= 4 is 5.82 Å². The first-order valence-corrected chi connectivity index (χ1v) is 8.16. The van der Waals surface area contributed by atoms with Gasteiger partial charge in [0, 0.05) is 31.0 Å². The molecule has 122 valence electrons. The van der Waals surface area contributed by atoms with Crippen LogP contribution in [0.3, 0.4) is 0 Å². The molecule has 1 fully saturated rings. The Morgan fingerprint density at radius 1 is 1.26 bits per heavy atom. The van der Waals surface area contributed by atoms with Gasteiger partial charge in [-0.25, -0.2) is 4.98 Å². The van der Waals surface area contributed by atoms with Crippen LogP contribution < -0.4 is 10.5 Å². The Morgan fingerprint density at radius 3 is 2.91 bits per heavy atom. The number of nitrogens with two attached hydrogens (primary N) is 1. The molecule has 5 nitrogen and oxygen atoms in total. The number of aromatic nitrogens is 2. The normalized spacial score (nSPS) is 18.7. The Kier molecular flexibility index (Phi) is 5.08. The molecule has 1 atom stereocenters. The summed E-state index contributed by atoms with van der Waals surface area (Å²) in [5.74, 6) is 2.11. The number of nitrogens with zero attached hydrogens (tertiary/aromatic N) is 3. The quantitative estimate of drug-likeness (QED) is 0.919. The van der Waals surface area contributed by atoms with Gasteiger partial charge in [-0.2, -0.15) is 0 Å². The fourth-order valence-corrected chi connectivity index (χ4v) is 3.34. The minimum absolute atomic E-state index is 0.564. The van der Waals surface area contributed by atoms with Crippen molar-refractivity contribution in [1.82, 2.24) is 14.9 Å². The van der Waals surface area contributed by atoms with Gasteiger partial charge in [-0.1, -0.05) is 18.2 Å². The van der Waals surface area contributed by atoms with Gasteiger partial charge in [-0.15, -0.1) is 0 Å². The highest BCUT2D eigenvalue weighted by atomic mass is 16.5. The second-order valence-electron chi connectivity index (χ2n) is 6.15. The Bertz CT molecular complexity index is 646. The van der Waals surface area contributed by atoms with Gasteiger partial charge in [0.05, 0.1) is 12.8 Å². The summed E-state index contributed by atoms with van der Waals surface area (Å²) in [6, 6.07) is 8.25. The molecular formula is C18H24N4O. The van der Waals surface area contributed by atoms with E-state index < -0.39 is 0 Å². The van der Waals surface area contributed by atoms with E-state index in [4.69, 9.17) is 10.5 Å². The molecule has 0 saturated carbocycles. The SMILES string of the molecule is COc1ccccc1CN1CCC[C@H](Cc2nccnc2N)C1. The fraction of sp³-hybridized carbons (Fsp3) is 0.444. The van der Waals surface area contributed by atoms with Crippen LogP contribution in [0.15, 0.2) is 36.7 Å². The van der Waals surface area contributed by atoms with Crippen molar-refractivity contribution in [2.24, 2.45) is 5.92 Å². The summed E-state index contributed by atoms with van der Waals surface area (Å²) in [4.78, 5) is 11.0. The van der Waals surface area contributed by atoms with Gasteiger partial charge in [0.1, 0.15) is 11.6 Å². The molecule has 2 aromatic rings. The highest BCUT2D eigenvalue weighted by Crippen LogP contribution is 2.25. The van der Waals surface area contributed by atoms with Crippen LogP contribution in [0.2, 0.25) is 0 Å². The fourth-order valence-electron chi connectivity index (χ4n) is 3.34. The molecule has 0 unspecified atom stereocenters. The summed E-state index contributed by atoms with van der Waals surface area (Å²) in [6.45, 7) is 3.12. The number of hydrogen-bond acceptors (Lipinski definition) is 5. The van der Waals surface area contributed by atoms with Crippen molar-refractivity contribution in [3.8, 4) is 5.75 Å². The summed E-state index contributed by atoms with van der Waals surface area (Å²) >= 11 is 0. The summed E-state index contributed by atoms with van der Waals surface area (Å²) in [5, 5.41) is 0. The second kappa shape index (κ2) is 7.42. The van der Waals surface area contributed by atoms with E-state index in [1.54, 1.807) is 19.5 Å². The average Bonchev–Trinajstić information content (AvgIpc) is 2.58. The third kappa shape index (κ3) is 3.99. The van der Waals surface area contributed by atoms with Crippen molar-refractivity contribution in [2.75, 3.05) is 25.9 Å². The number of benzene rings is 1. The van der Waals surface area contributed by atoms with E-state index in [-0.39, 0.29) is 0 Å². The van der Waals surface area contributed by atoms with E-state index in [0.717, 1.165) is 37.5 Å². The smallest absolute Gasteiger partial charge is 0.145 e. The molecule has 23 heavy (non-hydrogen) atoms. The molecule has 0 bridgehead atoms. The molecule has 2 N–H and O–H groups in total. The lowest BCUT2D eigenvalue weighted by atomic mass is 9.93. The lowest BCUT2D eigenvalue weighted by Gasteiger charge is -2.33. The topological polar surface area (TPSA) is 64.3 Å². The molecule has 1 aliphatic rings. The summed E-state index contributed by atoms with van der Waals surface area (Å²) in [6.07, 6.45) is 6.70. The van der Waals surface area contributed by atoms with Crippen molar-refractivity contribution in [3.63, 3.8) is 0 Å². The van der Waals surface area contributed by atoms with Crippen LogP contribution in [-0.2, 0) is 13.0 Å². The molecule has 0 amide bonds. The number of rotatable bonds is 5. The molecule has 1 aromatic carbocycles. The summed E-state index contributed by atoms with van der Waals surface area (Å²) in [5.41, 5.74) is 8.10. The zero-order valence-electron chi connectivity index (χ0n) is 13.6. The van der Waals surface area contributed by atoms with Crippen molar-refractivity contribution in [1.29, 1.82) is 0 Å². The predicted molar refractivity (Wildman–Crippen MR) is 91.1 cm³/mol. The number of anilines is 1. The van der Waals surface area contributed by atoms with Crippen molar-refractivity contribution in [2.45, 2.75) is 25.8 Å². The minimum Gasteiger partial charge on any atom is -0.496 e. The molecule has 1 aromatic heterocycles. The van der Waals surface area contributed by atoms with E-state index in [9.17, 15) is 0 Å². The highest BCUT2D eigenvalue weighted by molar-refractivity contribution is 5.34. The van der Waals surface area contributed by atoms with Gasteiger partial charge in [0.15, 0.2) is 0 Å². The number of para-hydroxylation sites is 1. The van der Waals surface area contributed by atoms with E-state index in [0.29, 0.717) is 11.7 Å². The first-order chi connectivity index (χ1) is 11.3. The van der Waals surface area contributed by atoms with Crippen LogP contribution in [0.5, 0.6) is 5.75 Å². The minimum atomic E-state index is 0.564. The molecule has 0 radical (unpaired) electrons. The van der Waals surface area contributed by atoms with E-state index in [1.165, 1.54) is 18.4 Å². The monoisotopic (exact) mass is 312 g/mol. The average molecular weight is 312 g/mol. The van der Waals surface area contributed by atoms with E-state index in [2.05, 4.69) is 27.0 Å². The maximum atomic E-state index is 5.93. The largest absolute Gasteiger partial charge is 0.496 e. The van der Waals surface area contributed by atoms with Crippen LogP contribution in [-0.4, -0.2) is 35.1 Å². The first kappa shape index (κ1) is 15.7. The number of hydrogen-bond donors (Lipinski definition) is 1. The predicted octanol–water partition coefficient (Wildman–Crippen LogP) is 2.52. The third-order valence-electron chi connectivity index (χ3n) is 4.48. The van der Waals surface area contributed by atoms with Crippen LogP contribution in [0, 0.1) is 5.92 Å². The standard InChI is InChI=1S/C18H24N4O/c1-23-17-7-3-2-6-15(17)13-22-10-4-5-14(12-22)11-16-18(19)21-9-8-20-16/h2-3,6-9,14H,4-5,10-13H2,1H3,(H2,19,21)/t14-/m1/s1. The Hall–Kier alpha value is -2.14. The maximum Gasteiger partial charge on any atom is 0.145 e. The van der Waals surface area contributed by atoms with Gasteiger partial charge in [0.25, 0.3) is 0 Å². The number of methoxy groups -OCH3 is 1. The lowest BCUT2D eigenvalue weighted by molar-refractivity contribution is 0.165. The summed E-state index contributed by atoms with van der Waals surface area (Å²) in [7, 11) is 1.73. The maximum absolute atomic E-state index is 5.93. The Balaban J connectivity index is 1.63. The van der Waals surface area contributed by atoms with Gasteiger partial charge < -0.3 is 10.5 Å². The van der Waals surface area contributed by atoms with E-state index in [1.807, 2.05) is 12.1 Å². The van der Waals surface area contributed by atoms with Crippen molar-refractivity contribution < 1.29 is 4.74 Å². The lowest BCUT2D eigenvalue weighted by Crippen LogP contribution is -2.36. The second-order valence-corrected chi connectivity index (χ2v) is 6.15. The van der Waals surface area contributed by atoms with E-state index >= 15 is 0 Å². The third-order valence-corrected chi connectivity index (χ3v) is 4.48. The van der Waals surface area contributed by atoms with Crippen LogP contribution in [0.4, 0.5) is 5.82 Å². The zero-order chi connectivity index (χ0) is 16.1. The Morgan fingerprint density at radius 2 is 2.09 bits per heavy atom. The summed E-state index contributed by atoms with van der Waals surface area (Å²) < 4.78 is 5.46. The number of ether oxygens (including phenoxy) is 1. The molecule has 1 aliphatic heterocycles. The highest BCUT2D eigenvalue weighted by Gasteiger charge is 2.22. The van der Waals surface area contributed by atoms with Gasteiger partial charge in [-0.05, 0) is 37.8 Å². The van der Waals surface area contributed by atoms with Gasteiger partial charge in [0.2, 0.25) is 0 Å². The van der Waals surface area contributed by atoms with Crippen molar-refractivity contribution in [3.05, 3.63) is 47.9 Å². The molecule has 5 heteroatoms. The number of nitrogen functional groups attached to an aromatic ring is 1. The van der Waals surface area contributed by atoms with Crippen LogP contribution in [0.25, 0.3) is 0 Å². The Labute approximate surface area is 137 Å². The zero-order valence-corrected chi connectivity index (χ0v) is 13.6.